The van der Waals surface area contributed by atoms with Crippen LogP contribution in [0.15, 0.2) is 54.6 Å². The van der Waals surface area contributed by atoms with E-state index in [2.05, 4.69) is 44.1 Å². The fourth-order valence-corrected chi connectivity index (χ4v) is 3.35. The van der Waals surface area contributed by atoms with E-state index < -0.39 is 0 Å². The van der Waals surface area contributed by atoms with Crippen molar-refractivity contribution in [3.63, 3.8) is 0 Å². The summed E-state index contributed by atoms with van der Waals surface area (Å²) in [5.41, 5.74) is 4.67. The van der Waals surface area contributed by atoms with E-state index in [0.29, 0.717) is 0 Å². The van der Waals surface area contributed by atoms with Crippen molar-refractivity contribution in [2.75, 3.05) is 0 Å². The summed E-state index contributed by atoms with van der Waals surface area (Å²) >= 11 is 1.33. The van der Waals surface area contributed by atoms with Crippen molar-refractivity contribution < 1.29 is 0 Å². The van der Waals surface area contributed by atoms with Gasteiger partial charge in [0.2, 0.25) is 0 Å². The Morgan fingerprint density at radius 1 is 0.818 bits per heavy atom. The number of rotatable bonds is 1. The van der Waals surface area contributed by atoms with Gasteiger partial charge < -0.3 is 0 Å². The smallest absolute Gasteiger partial charge is 0.160 e. The van der Waals surface area contributed by atoms with Crippen LogP contribution in [0.2, 0.25) is 0 Å². The third kappa shape index (κ3) is 1.66. The third-order valence-corrected chi connectivity index (χ3v) is 4.46. The molecular formula is C17H10N4S. The zero-order valence-corrected chi connectivity index (χ0v) is 12.3. The largest absolute Gasteiger partial charge is 0.293 e. The first-order valence-electron chi connectivity index (χ1n) is 6.98. The van der Waals surface area contributed by atoms with Crippen LogP contribution in [0, 0.1) is 0 Å². The molecule has 0 bridgehead atoms. The Morgan fingerprint density at radius 2 is 1.73 bits per heavy atom. The lowest BCUT2D eigenvalue weighted by atomic mass is 10.1. The lowest BCUT2D eigenvalue weighted by Gasteiger charge is -1.99. The van der Waals surface area contributed by atoms with Crippen molar-refractivity contribution in [2.45, 2.75) is 0 Å². The number of H-pyrrole nitrogens is 1. The number of imidazole rings is 1. The fourth-order valence-electron chi connectivity index (χ4n) is 2.76. The molecule has 2 heterocycles. The summed E-state index contributed by atoms with van der Waals surface area (Å²) in [6, 6.07) is 18.6. The number of fused-ring (bicyclic) bond motifs is 4. The van der Waals surface area contributed by atoms with Crippen molar-refractivity contribution in [1.82, 2.24) is 18.7 Å². The predicted octanol–water partition coefficient (Wildman–Crippen LogP) is 4.39. The Labute approximate surface area is 129 Å². The van der Waals surface area contributed by atoms with E-state index in [4.69, 9.17) is 4.98 Å². The van der Waals surface area contributed by atoms with Crippen molar-refractivity contribution in [3.05, 3.63) is 54.6 Å². The molecule has 5 aromatic rings. The Hall–Kier alpha value is -2.79. The summed E-state index contributed by atoms with van der Waals surface area (Å²) in [5.74, 6) is 0.751. The third-order valence-electron chi connectivity index (χ3n) is 3.87. The van der Waals surface area contributed by atoms with Crippen LogP contribution in [-0.4, -0.2) is 18.7 Å². The number of aromatic nitrogens is 4. The minimum atomic E-state index is 0.751. The molecule has 0 fully saturated rings. The second kappa shape index (κ2) is 4.35. The van der Waals surface area contributed by atoms with Gasteiger partial charge in [0.05, 0.1) is 11.0 Å². The van der Waals surface area contributed by atoms with E-state index in [1.54, 1.807) is 0 Å². The monoisotopic (exact) mass is 302 g/mol. The van der Waals surface area contributed by atoms with E-state index >= 15 is 0 Å². The van der Waals surface area contributed by atoms with Crippen LogP contribution < -0.4 is 0 Å². The Balaban J connectivity index is 1.77. The van der Waals surface area contributed by atoms with E-state index in [0.717, 1.165) is 33.5 Å². The van der Waals surface area contributed by atoms with Gasteiger partial charge >= 0.3 is 0 Å². The predicted molar refractivity (Wildman–Crippen MR) is 90.0 cm³/mol. The summed E-state index contributed by atoms with van der Waals surface area (Å²) in [6.07, 6.45) is 0. The molecule has 3 aromatic carbocycles. The van der Waals surface area contributed by atoms with Crippen LogP contribution in [-0.2, 0) is 0 Å². The quantitative estimate of drug-likeness (QED) is 0.499. The highest BCUT2D eigenvalue weighted by Crippen LogP contribution is 2.27. The lowest BCUT2D eigenvalue weighted by molar-refractivity contribution is 1.34. The molecule has 1 N–H and O–H groups in total. The second-order valence-electron chi connectivity index (χ2n) is 5.22. The van der Waals surface area contributed by atoms with Crippen molar-refractivity contribution in [2.24, 2.45) is 0 Å². The summed E-state index contributed by atoms with van der Waals surface area (Å²) < 4.78 is 7.54. The standard InChI is InChI=1S/C17H10N4S/c1-2-4-11-9-12(6-5-10(11)3-1)17-18-13-7-8-14-16(15(13)19-17)21-22-20-14/h1-9,20H. The molecule has 0 radical (unpaired) electrons. The van der Waals surface area contributed by atoms with E-state index in [1.807, 2.05) is 24.3 Å². The van der Waals surface area contributed by atoms with Crippen LogP contribution >= 0.6 is 11.7 Å². The molecule has 0 amide bonds. The van der Waals surface area contributed by atoms with Crippen molar-refractivity contribution >= 4 is 44.6 Å². The first kappa shape index (κ1) is 11.8. The lowest BCUT2D eigenvalue weighted by Crippen LogP contribution is -1.81. The molecule has 0 spiro atoms. The van der Waals surface area contributed by atoms with Gasteiger partial charge in [0.25, 0.3) is 0 Å². The molecule has 0 saturated heterocycles. The molecule has 4 nitrogen and oxygen atoms in total. The number of nitrogens with one attached hydrogen (secondary N) is 1. The van der Waals surface area contributed by atoms with E-state index in [1.165, 1.54) is 22.5 Å². The minimum Gasteiger partial charge on any atom is -0.293 e. The highest BCUT2D eigenvalue weighted by molar-refractivity contribution is 7.00. The van der Waals surface area contributed by atoms with Crippen molar-refractivity contribution in [3.8, 4) is 11.4 Å². The van der Waals surface area contributed by atoms with Crippen LogP contribution in [0.3, 0.4) is 0 Å². The van der Waals surface area contributed by atoms with Gasteiger partial charge in [-0.05, 0) is 29.0 Å². The van der Waals surface area contributed by atoms with E-state index in [9.17, 15) is 0 Å². The second-order valence-corrected chi connectivity index (χ2v) is 5.79. The normalized spacial score (nSPS) is 11.6. The Bertz CT molecular complexity index is 1140. The Kier molecular flexibility index (Phi) is 2.34. The topological polar surface area (TPSA) is 54.5 Å². The molecule has 2 aromatic heterocycles. The maximum Gasteiger partial charge on any atom is 0.160 e. The summed E-state index contributed by atoms with van der Waals surface area (Å²) in [6.45, 7) is 0. The van der Waals surface area contributed by atoms with Gasteiger partial charge in [0.15, 0.2) is 5.82 Å². The van der Waals surface area contributed by atoms with Gasteiger partial charge in [-0.2, -0.15) is 4.37 Å². The molecular weight excluding hydrogens is 292 g/mol. The summed E-state index contributed by atoms with van der Waals surface area (Å²) in [5, 5.41) is 2.42. The van der Waals surface area contributed by atoms with Gasteiger partial charge in [0, 0.05) is 17.3 Å². The van der Waals surface area contributed by atoms with Gasteiger partial charge in [-0.25, -0.2) is 9.97 Å². The average Bonchev–Trinajstić information content (AvgIpc) is 3.20. The maximum atomic E-state index is 4.70. The number of nitrogens with zero attached hydrogens (tertiary/aromatic N) is 3. The molecule has 0 saturated carbocycles. The molecule has 104 valence electrons. The molecule has 5 rings (SSSR count). The van der Waals surface area contributed by atoms with Crippen LogP contribution in [0.1, 0.15) is 0 Å². The van der Waals surface area contributed by atoms with Crippen LogP contribution in [0.25, 0.3) is 44.2 Å². The van der Waals surface area contributed by atoms with E-state index in [-0.39, 0.29) is 0 Å². The molecule has 5 heteroatoms. The first-order chi connectivity index (χ1) is 10.9. The molecule has 0 aliphatic rings. The Morgan fingerprint density at radius 3 is 2.68 bits per heavy atom. The zero-order valence-electron chi connectivity index (χ0n) is 11.4. The molecule has 0 atom stereocenters. The minimum absolute atomic E-state index is 0.751. The first-order valence-corrected chi connectivity index (χ1v) is 7.75. The highest BCUT2D eigenvalue weighted by atomic mass is 32.1. The molecule has 22 heavy (non-hydrogen) atoms. The summed E-state index contributed by atoms with van der Waals surface area (Å²) in [4.78, 5) is 9.36. The molecule has 0 aliphatic carbocycles. The molecule has 0 unspecified atom stereocenters. The van der Waals surface area contributed by atoms with Crippen molar-refractivity contribution in [1.29, 1.82) is 0 Å². The highest BCUT2D eigenvalue weighted by Gasteiger charge is 2.11. The number of hydrogen-bond acceptors (Lipinski definition) is 4. The average molecular weight is 302 g/mol. The summed E-state index contributed by atoms with van der Waals surface area (Å²) in [7, 11) is 0. The van der Waals surface area contributed by atoms with Gasteiger partial charge in [-0.15, -0.1) is 0 Å². The fraction of sp³-hybridized carbons (Fsp3) is 0. The zero-order chi connectivity index (χ0) is 14.5. The van der Waals surface area contributed by atoms with Crippen LogP contribution in [0.5, 0.6) is 0 Å². The van der Waals surface area contributed by atoms with Gasteiger partial charge in [0.1, 0.15) is 11.0 Å². The number of benzene rings is 3. The van der Waals surface area contributed by atoms with Gasteiger partial charge in [-0.3, -0.25) is 4.37 Å². The van der Waals surface area contributed by atoms with Gasteiger partial charge in [-0.1, -0.05) is 36.4 Å². The SMILES string of the molecule is c1ccc2cc(-c3nc4ccc5[nH]snc5c4n3)ccc2c1. The number of hydrogen-bond donors (Lipinski definition) is 1. The molecule has 0 aliphatic heterocycles. The number of aromatic amines is 1. The van der Waals surface area contributed by atoms with Crippen LogP contribution in [0.4, 0.5) is 0 Å². The maximum absolute atomic E-state index is 4.70.